The summed E-state index contributed by atoms with van der Waals surface area (Å²) in [4.78, 5) is 2.36. The maximum absolute atomic E-state index is 5.45. The number of hydrogen-bond acceptors (Lipinski definition) is 1. The van der Waals surface area contributed by atoms with Crippen molar-refractivity contribution in [3.8, 4) is 0 Å². The summed E-state index contributed by atoms with van der Waals surface area (Å²) in [6.07, 6.45) is 1.74. The third-order valence-electron chi connectivity index (χ3n) is 1.01. The van der Waals surface area contributed by atoms with Crippen molar-refractivity contribution in [2.45, 2.75) is 6.92 Å². The number of thiophene rings is 1. The van der Waals surface area contributed by atoms with Gasteiger partial charge in [0.2, 0.25) is 0 Å². The molecule has 0 saturated carbocycles. The van der Waals surface area contributed by atoms with Gasteiger partial charge in [0, 0.05) is 9.75 Å². The summed E-state index contributed by atoms with van der Waals surface area (Å²) >= 11 is 12.6. The average molecular weight is 193 g/mol. The predicted octanol–water partition coefficient (Wildman–Crippen LogP) is 3.83. The van der Waals surface area contributed by atoms with Gasteiger partial charge in [-0.3, -0.25) is 0 Å². The van der Waals surface area contributed by atoms with Gasteiger partial charge >= 0.3 is 0 Å². The Morgan fingerprint density at radius 3 is 2.60 bits per heavy atom. The highest BCUT2D eigenvalue weighted by atomic mass is 35.5. The summed E-state index contributed by atoms with van der Waals surface area (Å²) in [5, 5.41) is 0. The molecule has 1 aromatic rings. The standard InChI is InChI=1S/C7H6Cl2S/c1-5-2-3-6(10-5)4-7(8)9/h2-4H,1H3. The smallest absolute Gasteiger partial charge is 0.108 e. The summed E-state index contributed by atoms with van der Waals surface area (Å²) in [5.41, 5.74) is 0. The van der Waals surface area contributed by atoms with Crippen LogP contribution in [0.25, 0.3) is 6.08 Å². The maximum Gasteiger partial charge on any atom is 0.108 e. The first-order valence-corrected chi connectivity index (χ1v) is 4.35. The van der Waals surface area contributed by atoms with Crippen molar-refractivity contribution in [1.82, 2.24) is 0 Å². The predicted molar refractivity (Wildman–Crippen MR) is 48.7 cm³/mol. The first kappa shape index (κ1) is 8.12. The van der Waals surface area contributed by atoms with E-state index in [9.17, 15) is 0 Å². The Morgan fingerprint density at radius 2 is 2.20 bits per heavy atom. The van der Waals surface area contributed by atoms with Crippen molar-refractivity contribution in [3.63, 3.8) is 0 Å². The van der Waals surface area contributed by atoms with Crippen LogP contribution in [0.1, 0.15) is 9.75 Å². The van der Waals surface area contributed by atoms with E-state index in [0.29, 0.717) is 4.49 Å². The first-order chi connectivity index (χ1) is 4.68. The van der Waals surface area contributed by atoms with Crippen LogP contribution < -0.4 is 0 Å². The van der Waals surface area contributed by atoms with Gasteiger partial charge in [-0.25, -0.2) is 0 Å². The maximum atomic E-state index is 5.45. The Morgan fingerprint density at radius 1 is 1.50 bits per heavy atom. The summed E-state index contributed by atoms with van der Waals surface area (Å²) < 4.78 is 0.307. The molecule has 0 radical (unpaired) electrons. The molecule has 0 bridgehead atoms. The van der Waals surface area contributed by atoms with Crippen LogP contribution >= 0.6 is 34.5 Å². The molecule has 0 aliphatic heterocycles. The summed E-state index contributed by atoms with van der Waals surface area (Å²) in [7, 11) is 0. The van der Waals surface area contributed by atoms with Crippen LogP contribution in [0.4, 0.5) is 0 Å². The molecule has 0 fully saturated rings. The molecule has 0 atom stereocenters. The van der Waals surface area contributed by atoms with Crippen LogP contribution in [-0.2, 0) is 0 Å². The normalized spacial score (nSPS) is 9.50. The second-order valence-corrected chi connectivity index (χ2v) is 4.21. The molecule has 0 spiro atoms. The van der Waals surface area contributed by atoms with E-state index in [1.54, 1.807) is 17.4 Å². The Hall–Kier alpha value is 0.0200. The second-order valence-electron chi connectivity index (χ2n) is 1.88. The van der Waals surface area contributed by atoms with Gasteiger partial charge < -0.3 is 0 Å². The summed E-state index contributed by atoms with van der Waals surface area (Å²) in [5.74, 6) is 0. The molecule has 0 saturated heterocycles. The minimum absolute atomic E-state index is 0.307. The van der Waals surface area contributed by atoms with Crippen LogP contribution in [0.15, 0.2) is 16.6 Å². The lowest BCUT2D eigenvalue weighted by Crippen LogP contribution is -1.54. The first-order valence-electron chi connectivity index (χ1n) is 2.77. The van der Waals surface area contributed by atoms with Gasteiger partial charge in [-0.15, -0.1) is 11.3 Å². The Bertz CT molecular complexity index is 246. The minimum Gasteiger partial charge on any atom is -0.141 e. The molecule has 1 heterocycles. The largest absolute Gasteiger partial charge is 0.141 e. The number of aryl methyl sites for hydroxylation is 1. The van der Waals surface area contributed by atoms with Crippen molar-refractivity contribution in [2.24, 2.45) is 0 Å². The van der Waals surface area contributed by atoms with Gasteiger partial charge in [0.1, 0.15) is 4.49 Å². The number of rotatable bonds is 1. The summed E-state index contributed by atoms with van der Waals surface area (Å²) in [6, 6.07) is 4.03. The molecule has 3 heteroatoms. The van der Waals surface area contributed by atoms with Crippen molar-refractivity contribution >= 4 is 40.6 Å². The quantitative estimate of drug-likeness (QED) is 0.635. The molecular formula is C7H6Cl2S. The molecule has 0 aliphatic carbocycles. The van der Waals surface area contributed by atoms with Gasteiger partial charge in [-0.05, 0) is 25.1 Å². The van der Waals surface area contributed by atoms with E-state index in [0.717, 1.165) is 4.88 Å². The van der Waals surface area contributed by atoms with Gasteiger partial charge in [0.05, 0.1) is 0 Å². The molecule has 0 nitrogen and oxygen atoms in total. The number of hydrogen-bond donors (Lipinski definition) is 0. The molecule has 1 rings (SSSR count). The van der Waals surface area contributed by atoms with E-state index in [-0.39, 0.29) is 0 Å². The third-order valence-corrected chi connectivity index (χ3v) is 2.18. The second kappa shape index (κ2) is 3.42. The van der Waals surface area contributed by atoms with Gasteiger partial charge in [0.15, 0.2) is 0 Å². The highest BCUT2D eigenvalue weighted by Gasteiger charge is 1.92. The van der Waals surface area contributed by atoms with E-state index in [2.05, 4.69) is 0 Å². The Balaban J connectivity index is 2.86. The lowest BCUT2D eigenvalue weighted by atomic mass is 10.4. The fraction of sp³-hybridized carbons (Fsp3) is 0.143. The van der Waals surface area contributed by atoms with Gasteiger partial charge in [-0.2, -0.15) is 0 Å². The van der Waals surface area contributed by atoms with Gasteiger partial charge in [0.25, 0.3) is 0 Å². The number of halogens is 2. The van der Waals surface area contributed by atoms with Crippen LogP contribution in [0.2, 0.25) is 0 Å². The molecule has 0 N–H and O–H groups in total. The Kier molecular flexibility index (Phi) is 2.78. The van der Waals surface area contributed by atoms with E-state index in [4.69, 9.17) is 23.2 Å². The topological polar surface area (TPSA) is 0 Å². The monoisotopic (exact) mass is 192 g/mol. The lowest BCUT2D eigenvalue weighted by molar-refractivity contribution is 1.64. The van der Waals surface area contributed by atoms with Crippen LogP contribution in [0.3, 0.4) is 0 Å². The zero-order chi connectivity index (χ0) is 7.56. The SMILES string of the molecule is Cc1ccc(C=C(Cl)Cl)s1. The van der Waals surface area contributed by atoms with E-state index >= 15 is 0 Å². The molecular weight excluding hydrogens is 187 g/mol. The molecule has 1 aromatic heterocycles. The highest BCUT2D eigenvalue weighted by Crippen LogP contribution is 2.20. The molecule has 10 heavy (non-hydrogen) atoms. The molecule has 0 amide bonds. The van der Waals surface area contributed by atoms with Crippen molar-refractivity contribution < 1.29 is 0 Å². The van der Waals surface area contributed by atoms with Crippen LogP contribution in [0, 0.1) is 6.92 Å². The highest BCUT2D eigenvalue weighted by molar-refractivity contribution is 7.12. The Labute approximate surface area is 74.1 Å². The van der Waals surface area contributed by atoms with Crippen molar-refractivity contribution in [3.05, 3.63) is 26.4 Å². The van der Waals surface area contributed by atoms with E-state index in [1.807, 2.05) is 19.1 Å². The van der Waals surface area contributed by atoms with Crippen LogP contribution in [-0.4, -0.2) is 0 Å². The summed E-state index contributed by atoms with van der Waals surface area (Å²) in [6.45, 7) is 2.05. The molecule has 54 valence electrons. The third kappa shape index (κ3) is 2.33. The van der Waals surface area contributed by atoms with Crippen molar-refractivity contribution in [2.75, 3.05) is 0 Å². The van der Waals surface area contributed by atoms with Crippen LogP contribution in [0.5, 0.6) is 0 Å². The zero-order valence-electron chi connectivity index (χ0n) is 5.40. The van der Waals surface area contributed by atoms with E-state index < -0.39 is 0 Å². The lowest BCUT2D eigenvalue weighted by Gasteiger charge is -1.81. The molecule has 0 aromatic carbocycles. The van der Waals surface area contributed by atoms with Crippen molar-refractivity contribution in [1.29, 1.82) is 0 Å². The molecule has 0 aliphatic rings. The molecule has 0 unspecified atom stereocenters. The fourth-order valence-electron chi connectivity index (χ4n) is 0.639. The fourth-order valence-corrected chi connectivity index (χ4v) is 1.82. The average Bonchev–Trinajstić information content (AvgIpc) is 2.13. The van der Waals surface area contributed by atoms with E-state index in [1.165, 1.54) is 4.88 Å². The zero-order valence-corrected chi connectivity index (χ0v) is 7.72. The van der Waals surface area contributed by atoms with Gasteiger partial charge in [-0.1, -0.05) is 23.2 Å². The minimum atomic E-state index is 0.307.